The Bertz CT molecular complexity index is 958. The summed E-state index contributed by atoms with van der Waals surface area (Å²) in [7, 11) is -3.69. The van der Waals surface area contributed by atoms with Crippen LogP contribution in [0.1, 0.15) is 13.3 Å². The molecule has 0 aliphatic rings. The first kappa shape index (κ1) is 21.5. The molecule has 12 heteroatoms. The van der Waals surface area contributed by atoms with Crippen LogP contribution in [0.15, 0.2) is 46.0 Å². The summed E-state index contributed by atoms with van der Waals surface area (Å²) in [6.07, 6.45) is -1.51. The zero-order chi connectivity index (χ0) is 20.7. The van der Waals surface area contributed by atoms with Crippen LogP contribution >= 0.6 is 11.3 Å². The number of nitro groups is 1. The van der Waals surface area contributed by atoms with Crippen molar-refractivity contribution in [1.29, 1.82) is 0 Å². The fraction of sp³-hybridized carbons (Fsp3) is 0.250. The maximum Gasteiger partial charge on any atom is 0.307 e. The number of anilines is 1. The predicted molar refractivity (Wildman–Crippen MR) is 101 cm³/mol. The van der Waals surface area contributed by atoms with Crippen LogP contribution in [0.5, 0.6) is 0 Å². The van der Waals surface area contributed by atoms with Gasteiger partial charge in [0.1, 0.15) is 9.90 Å². The van der Waals surface area contributed by atoms with E-state index in [0.29, 0.717) is 0 Å². The molecule has 0 bridgehead atoms. The first-order valence-electron chi connectivity index (χ1n) is 7.97. The molecule has 1 atom stereocenters. The number of para-hydroxylation sites is 2. The number of hydrogen-bond acceptors (Lipinski definition) is 8. The van der Waals surface area contributed by atoms with Crippen LogP contribution < -0.4 is 10.0 Å². The molecule has 0 spiro atoms. The lowest BCUT2D eigenvalue weighted by Crippen LogP contribution is -2.32. The Morgan fingerprint density at radius 1 is 1.25 bits per heavy atom. The van der Waals surface area contributed by atoms with Gasteiger partial charge in [0.2, 0.25) is 10.0 Å². The lowest BCUT2D eigenvalue weighted by molar-refractivity contribution is -0.383. The molecule has 0 saturated carbocycles. The monoisotopic (exact) mass is 427 g/mol. The number of sulfonamides is 1. The molecule has 0 radical (unpaired) electrons. The predicted octanol–water partition coefficient (Wildman–Crippen LogP) is 1.90. The topological polar surface area (TPSA) is 145 Å². The van der Waals surface area contributed by atoms with Gasteiger partial charge in [0.05, 0.1) is 11.3 Å². The van der Waals surface area contributed by atoms with Crippen molar-refractivity contribution in [2.45, 2.75) is 23.7 Å². The van der Waals surface area contributed by atoms with Crippen LogP contribution in [0, 0.1) is 10.1 Å². The van der Waals surface area contributed by atoms with Gasteiger partial charge in [-0.15, -0.1) is 11.3 Å². The maximum absolute atomic E-state index is 12.1. The average molecular weight is 427 g/mol. The van der Waals surface area contributed by atoms with Gasteiger partial charge in [-0.2, -0.15) is 0 Å². The molecule has 0 saturated heterocycles. The van der Waals surface area contributed by atoms with Crippen LogP contribution in [0.2, 0.25) is 0 Å². The summed E-state index contributed by atoms with van der Waals surface area (Å²) in [5.41, 5.74) is -0.318. The van der Waals surface area contributed by atoms with Crippen molar-refractivity contribution in [3.8, 4) is 0 Å². The fourth-order valence-electron chi connectivity index (χ4n) is 2.06. The third-order valence-electron chi connectivity index (χ3n) is 3.42. The highest BCUT2D eigenvalue weighted by molar-refractivity contribution is 7.91. The summed E-state index contributed by atoms with van der Waals surface area (Å²) in [4.78, 5) is 34.2. The first-order chi connectivity index (χ1) is 13.2. The van der Waals surface area contributed by atoms with Gasteiger partial charge in [-0.25, -0.2) is 13.1 Å². The minimum absolute atomic E-state index is 0.0240. The van der Waals surface area contributed by atoms with E-state index in [9.17, 15) is 28.1 Å². The number of hydrogen-bond donors (Lipinski definition) is 2. The third-order valence-corrected chi connectivity index (χ3v) is 6.28. The molecule has 150 valence electrons. The van der Waals surface area contributed by atoms with E-state index >= 15 is 0 Å². The summed E-state index contributed by atoms with van der Waals surface area (Å²) >= 11 is 1.04. The highest BCUT2D eigenvalue weighted by Crippen LogP contribution is 2.23. The van der Waals surface area contributed by atoms with E-state index in [4.69, 9.17) is 4.74 Å². The van der Waals surface area contributed by atoms with Crippen molar-refractivity contribution < 1.29 is 27.7 Å². The van der Waals surface area contributed by atoms with Crippen molar-refractivity contribution in [2.75, 3.05) is 11.9 Å². The molecule has 1 heterocycles. The van der Waals surface area contributed by atoms with Crippen molar-refractivity contribution in [2.24, 2.45) is 0 Å². The Balaban J connectivity index is 1.83. The standard InChI is InChI=1S/C16H17N3O7S2/c1-11(16(21)18-12-5-2-3-6-13(12)19(22)23)26-14(20)8-9-17-28(24,25)15-7-4-10-27-15/h2-7,10-11,17H,8-9H2,1H3,(H,18,21). The highest BCUT2D eigenvalue weighted by Gasteiger charge is 2.22. The second-order valence-electron chi connectivity index (χ2n) is 5.48. The second kappa shape index (κ2) is 9.39. The fourth-order valence-corrected chi connectivity index (χ4v) is 4.13. The summed E-state index contributed by atoms with van der Waals surface area (Å²) < 4.78 is 31.2. The van der Waals surface area contributed by atoms with Gasteiger partial charge in [0, 0.05) is 12.6 Å². The number of esters is 1. The summed E-state index contributed by atoms with van der Waals surface area (Å²) in [6, 6.07) is 8.56. The number of nitrogens with zero attached hydrogens (tertiary/aromatic N) is 1. The molecular weight excluding hydrogens is 410 g/mol. The lowest BCUT2D eigenvalue weighted by atomic mass is 10.2. The first-order valence-corrected chi connectivity index (χ1v) is 10.3. The SMILES string of the molecule is CC(OC(=O)CCNS(=O)(=O)c1cccs1)C(=O)Nc1ccccc1[N+](=O)[O-]. The summed E-state index contributed by atoms with van der Waals surface area (Å²) in [5.74, 6) is -1.54. The number of rotatable bonds is 9. The van der Waals surface area contributed by atoms with E-state index < -0.39 is 32.9 Å². The number of carbonyl (C=O) groups excluding carboxylic acids is 2. The van der Waals surface area contributed by atoms with E-state index in [2.05, 4.69) is 10.0 Å². The molecule has 28 heavy (non-hydrogen) atoms. The van der Waals surface area contributed by atoms with Crippen molar-refractivity contribution in [3.05, 3.63) is 51.9 Å². The number of nitro benzene ring substituents is 1. The van der Waals surface area contributed by atoms with Crippen molar-refractivity contribution >= 4 is 44.6 Å². The number of ether oxygens (including phenoxy) is 1. The number of thiophene rings is 1. The molecule has 1 unspecified atom stereocenters. The number of carbonyl (C=O) groups is 2. The molecular formula is C16H17N3O7S2. The van der Waals surface area contributed by atoms with Gasteiger partial charge in [0.25, 0.3) is 11.6 Å². The number of benzene rings is 1. The largest absolute Gasteiger partial charge is 0.452 e. The lowest BCUT2D eigenvalue weighted by Gasteiger charge is -2.13. The molecule has 1 amide bonds. The third kappa shape index (κ3) is 5.84. The molecule has 2 N–H and O–H groups in total. The maximum atomic E-state index is 12.1. The number of nitrogens with one attached hydrogen (secondary N) is 2. The number of amides is 1. The van der Waals surface area contributed by atoms with Gasteiger partial charge >= 0.3 is 5.97 Å². The Labute approximate surface area is 164 Å². The van der Waals surface area contributed by atoms with E-state index in [0.717, 1.165) is 11.3 Å². The van der Waals surface area contributed by atoms with Crippen molar-refractivity contribution in [1.82, 2.24) is 4.72 Å². The summed E-state index contributed by atoms with van der Waals surface area (Å²) in [5, 5.41) is 14.9. The average Bonchev–Trinajstić information content (AvgIpc) is 3.17. The van der Waals surface area contributed by atoms with Crippen LogP contribution in [0.3, 0.4) is 0 Å². The minimum atomic E-state index is -3.69. The van der Waals surface area contributed by atoms with E-state index in [1.165, 1.54) is 37.3 Å². The molecule has 0 aliphatic carbocycles. The van der Waals surface area contributed by atoms with E-state index in [1.807, 2.05) is 0 Å². The quantitative estimate of drug-likeness (QED) is 0.353. The second-order valence-corrected chi connectivity index (χ2v) is 8.42. The molecule has 1 aromatic heterocycles. The van der Waals surface area contributed by atoms with E-state index in [-0.39, 0.29) is 28.5 Å². The van der Waals surface area contributed by atoms with Gasteiger partial charge in [-0.3, -0.25) is 19.7 Å². The Hall–Kier alpha value is -2.83. The van der Waals surface area contributed by atoms with Crippen LogP contribution in [-0.2, 0) is 24.3 Å². The molecule has 0 fully saturated rings. The molecule has 10 nitrogen and oxygen atoms in total. The van der Waals surface area contributed by atoms with Gasteiger partial charge < -0.3 is 10.1 Å². The molecule has 2 rings (SSSR count). The normalized spacial score (nSPS) is 12.2. The van der Waals surface area contributed by atoms with Gasteiger partial charge in [-0.1, -0.05) is 18.2 Å². The Morgan fingerprint density at radius 2 is 1.96 bits per heavy atom. The zero-order valence-electron chi connectivity index (χ0n) is 14.7. The van der Waals surface area contributed by atoms with Gasteiger partial charge in [0.15, 0.2) is 6.10 Å². The smallest absolute Gasteiger partial charge is 0.307 e. The highest BCUT2D eigenvalue weighted by atomic mass is 32.2. The van der Waals surface area contributed by atoms with Crippen LogP contribution in [0.4, 0.5) is 11.4 Å². The zero-order valence-corrected chi connectivity index (χ0v) is 16.3. The summed E-state index contributed by atoms with van der Waals surface area (Å²) in [6.45, 7) is 1.11. The van der Waals surface area contributed by atoms with E-state index in [1.54, 1.807) is 11.4 Å². The Morgan fingerprint density at radius 3 is 2.61 bits per heavy atom. The Kier molecular flexibility index (Phi) is 7.20. The van der Waals surface area contributed by atoms with Gasteiger partial charge in [-0.05, 0) is 24.4 Å². The van der Waals surface area contributed by atoms with Crippen molar-refractivity contribution in [3.63, 3.8) is 0 Å². The molecule has 2 aromatic rings. The van der Waals surface area contributed by atoms with Crippen LogP contribution in [0.25, 0.3) is 0 Å². The van der Waals surface area contributed by atoms with Crippen LogP contribution in [-0.4, -0.2) is 37.9 Å². The molecule has 0 aliphatic heterocycles. The molecule has 1 aromatic carbocycles. The minimum Gasteiger partial charge on any atom is -0.452 e.